The van der Waals surface area contributed by atoms with E-state index in [1.807, 2.05) is 47.4 Å². The molecule has 2 heterocycles. The average Bonchev–Trinajstić information content (AvgIpc) is 2.97. The molecule has 0 fully saturated rings. The highest BCUT2D eigenvalue weighted by Gasteiger charge is 2.09. The molecule has 3 aromatic rings. The van der Waals surface area contributed by atoms with E-state index in [2.05, 4.69) is 22.0 Å². The molecule has 0 bridgehead atoms. The largest absolute Gasteiger partial charge is 0.272 e. The Bertz CT molecular complexity index is 737. The van der Waals surface area contributed by atoms with Gasteiger partial charge in [-0.05, 0) is 6.42 Å². The molecule has 0 aliphatic carbocycles. The summed E-state index contributed by atoms with van der Waals surface area (Å²) < 4.78 is 1.91. The first-order valence-electron chi connectivity index (χ1n) is 6.89. The number of nitrogens with zero attached hydrogens (tertiary/aromatic N) is 4. The Hall–Kier alpha value is -2.20. The first-order valence-corrected chi connectivity index (χ1v) is 7.27. The van der Waals surface area contributed by atoms with Crippen molar-refractivity contribution in [1.82, 2.24) is 19.7 Å². The van der Waals surface area contributed by atoms with Gasteiger partial charge in [0.25, 0.3) is 0 Å². The zero-order valence-corrected chi connectivity index (χ0v) is 12.5. The monoisotopic (exact) mass is 298 g/mol. The van der Waals surface area contributed by atoms with Gasteiger partial charge in [0.2, 0.25) is 0 Å². The fourth-order valence-electron chi connectivity index (χ4n) is 2.13. The predicted octanol–water partition coefficient (Wildman–Crippen LogP) is 4.07. The molecular weight excluding hydrogens is 284 g/mol. The molecule has 0 saturated heterocycles. The van der Waals surface area contributed by atoms with Crippen LogP contribution in [0.15, 0.2) is 48.8 Å². The van der Waals surface area contributed by atoms with Crippen LogP contribution in [0.3, 0.4) is 0 Å². The van der Waals surface area contributed by atoms with Crippen LogP contribution >= 0.6 is 11.6 Å². The van der Waals surface area contributed by atoms with Gasteiger partial charge in [0, 0.05) is 29.9 Å². The van der Waals surface area contributed by atoms with Crippen LogP contribution in [0.2, 0.25) is 5.15 Å². The maximum Gasteiger partial charge on any atom is 0.161 e. The molecule has 1 aromatic carbocycles. The van der Waals surface area contributed by atoms with E-state index in [-0.39, 0.29) is 0 Å². The molecule has 0 radical (unpaired) electrons. The summed E-state index contributed by atoms with van der Waals surface area (Å²) in [5.41, 5.74) is 2.68. The van der Waals surface area contributed by atoms with Gasteiger partial charge >= 0.3 is 0 Å². The highest BCUT2D eigenvalue weighted by molar-refractivity contribution is 6.29. The number of aryl methyl sites for hydroxylation is 1. The average molecular weight is 299 g/mol. The topological polar surface area (TPSA) is 43.6 Å². The summed E-state index contributed by atoms with van der Waals surface area (Å²) in [6.45, 7) is 3.01. The Labute approximate surface area is 128 Å². The fraction of sp³-hybridized carbons (Fsp3) is 0.188. The van der Waals surface area contributed by atoms with Crippen LogP contribution in [-0.2, 0) is 6.54 Å². The lowest BCUT2D eigenvalue weighted by Gasteiger charge is -2.03. The Kier molecular flexibility index (Phi) is 3.97. The van der Waals surface area contributed by atoms with E-state index < -0.39 is 0 Å². The van der Waals surface area contributed by atoms with Gasteiger partial charge in [0.05, 0.1) is 11.9 Å². The van der Waals surface area contributed by atoms with E-state index in [0.29, 0.717) is 11.0 Å². The van der Waals surface area contributed by atoms with Crippen molar-refractivity contribution in [2.24, 2.45) is 0 Å². The number of aromatic nitrogens is 4. The molecule has 2 aromatic heterocycles. The van der Waals surface area contributed by atoms with E-state index in [1.165, 1.54) is 0 Å². The quantitative estimate of drug-likeness (QED) is 0.682. The number of rotatable bonds is 4. The maximum atomic E-state index is 6.14. The van der Waals surface area contributed by atoms with E-state index >= 15 is 0 Å². The molecule has 0 spiro atoms. The summed E-state index contributed by atoms with van der Waals surface area (Å²) in [6, 6.07) is 11.6. The maximum absolute atomic E-state index is 6.14. The molecule has 0 saturated carbocycles. The van der Waals surface area contributed by atoms with Crippen LogP contribution < -0.4 is 0 Å². The molecule has 3 rings (SSSR count). The van der Waals surface area contributed by atoms with Crippen molar-refractivity contribution in [3.05, 3.63) is 53.9 Å². The molecule has 0 amide bonds. The lowest BCUT2D eigenvalue weighted by Crippen LogP contribution is -1.95. The summed E-state index contributed by atoms with van der Waals surface area (Å²) in [5, 5.41) is 4.76. The van der Waals surface area contributed by atoms with Gasteiger partial charge in [-0.3, -0.25) is 4.68 Å². The van der Waals surface area contributed by atoms with Crippen molar-refractivity contribution >= 4 is 11.6 Å². The SMILES string of the molecule is CCCn1cc(-c2cc(Cl)nc(-c3ccccc3)n2)cn1. The third-order valence-electron chi connectivity index (χ3n) is 3.11. The van der Waals surface area contributed by atoms with Crippen molar-refractivity contribution in [2.45, 2.75) is 19.9 Å². The zero-order valence-electron chi connectivity index (χ0n) is 11.7. The Morgan fingerprint density at radius 1 is 1.10 bits per heavy atom. The minimum Gasteiger partial charge on any atom is -0.272 e. The second-order valence-corrected chi connectivity index (χ2v) is 5.14. The molecule has 4 nitrogen and oxygen atoms in total. The van der Waals surface area contributed by atoms with Crippen LogP contribution in [0, 0.1) is 0 Å². The van der Waals surface area contributed by atoms with Gasteiger partial charge in [-0.2, -0.15) is 5.10 Å². The Morgan fingerprint density at radius 3 is 2.67 bits per heavy atom. The number of halogens is 1. The van der Waals surface area contributed by atoms with Gasteiger partial charge in [0.1, 0.15) is 5.15 Å². The smallest absolute Gasteiger partial charge is 0.161 e. The highest BCUT2D eigenvalue weighted by Crippen LogP contribution is 2.23. The van der Waals surface area contributed by atoms with Gasteiger partial charge in [-0.15, -0.1) is 0 Å². The lowest BCUT2D eigenvalue weighted by molar-refractivity contribution is 0.603. The van der Waals surface area contributed by atoms with Crippen LogP contribution in [0.1, 0.15) is 13.3 Å². The third-order valence-corrected chi connectivity index (χ3v) is 3.30. The van der Waals surface area contributed by atoms with E-state index in [4.69, 9.17) is 11.6 Å². The summed E-state index contributed by atoms with van der Waals surface area (Å²) >= 11 is 6.14. The van der Waals surface area contributed by atoms with Crippen molar-refractivity contribution in [3.63, 3.8) is 0 Å². The van der Waals surface area contributed by atoms with Gasteiger partial charge in [-0.25, -0.2) is 9.97 Å². The van der Waals surface area contributed by atoms with E-state index in [0.717, 1.165) is 29.8 Å². The van der Waals surface area contributed by atoms with Crippen LogP contribution in [0.5, 0.6) is 0 Å². The highest BCUT2D eigenvalue weighted by atomic mass is 35.5. The normalized spacial score (nSPS) is 10.8. The van der Waals surface area contributed by atoms with Crippen LogP contribution in [-0.4, -0.2) is 19.7 Å². The minimum atomic E-state index is 0.432. The van der Waals surface area contributed by atoms with Crippen molar-refractivity contribution < 1.29 is 0 Å². The Balaban J connectivity index is 2.01. The number of hydrogen-bond acceptors (Lipinski definition) is 3. The second kappa shape index (κ2) is 6.06. The summed E-state index contributed by atoms with van der Waals surface area (Å²) in [7, 11) is 0. The first kappa shape index (κ1) is 13.8. The predicted molar refractivity (Wildman–Crippen MR) is 84.0 cm³/mol. The first-order chi connectivity index (χ1) is 10.3. The number of hydrogen-bond donors (Lipinski definition) is 0. The van der Waals surface area contributed by atoms with Crippen molar-refractivity contribution in [1.29, 1.82) is 0 Å². The van der Waals surface area contributed by atoms with Crippen molar-refractivity contribution in [3.8, 4) is 22.6 Å². The second-order valence-electron chi connectivity index (χ2n) is 4.76. The van der Waals surface area contributed by atoms with E-state index in [1.54, 1.807) is 6.07 Å². The Morgan fingerprint density at radius 2 is 1.90 bits per heavy atom. The minimum absolute atomic E-state index is 0.432. The van der Waals surface area contributed by atoms with Crippen molar-refractivity contribution in [2.75, 3.05) is 0 Å². The molecule has 0 aliphatic heterocycles. The molecular formula is C16H15ClN4. The zero-order chi connectivity index (χ0) is 14.7. The standard InChI is InChI=1S/C16H15ClN4/c1-2-8-21-11-13(10-18-21)14-9-15(17)20-16(19-14)12-6-4-3-5-7-12/h3-7,9-11H,2,8H2,1H3. The van der Waals surface area contributed by atoms with Crippen LogP contribution in [0.4, 0.5) is 0 Å². The molecule has 21 heavy (non-hydrogen) atoms. The summed E-state index contributed by atoms with van der Waals surface area (Å²) in [4.78, 5) is 8.90. The molecule has 0 unspecified atom stereocenters. The van der Waals surface area contributed by atoms with E-state index in [9.17, 15) is 0 Å². The van der Waals surface area contributed by atoms with Crippen LogP contribution in [0.25, 0.3) is 22.6 Å². The molecule has 5 heteroatoms. The molecule has 0 aliphatic rings. The summed E-state index contributed by atoms with van der Waals surface area (Å²) in [5.74, 6) is 0.626. The van der Waals surface area contributed by atoms with Gasteiger partial charge < -0.3 is 0 Å². The molecule has 106 valence electrons. The lowest BCUT2D eigenvalue weighted by atomic mass is 10.2. The van der Waals surface area contributed by atoms with Gasteiger partial charge in [-0.1, -0.05) is 48.9 Å². The molecule has 0 atom stereocenters. The molecule has 0 N–H and O–H groups in total. The number of benzene rings is 1. The fourth-order valence-corrected chi connectivity index (χ4v) is 2.31. The third kappa shape index (κ3) is 3.11. The summed E-state index contributed by atoms with van der Waals surface area (Å²) in [6.07, 6.45) is 4.83. The van der Waals surface area contributed by atoms with Gasteiger partial charge in [0.15, 0.2) is 5.82 Å².